The third kappa shape index (κ3) is 4.74. The Balaban J connectivity index is 1.28. The maximum atomic E-state index is 14.1. The number of sulfonamides is 1. The molecule has 12 nitrogen and oxygen atoms in total. The Kier molecular flexibility index (Phi) is 5.85. The third-order valence-electron chi connectivity index (χ3n) is 5.12. The molecule has 3 N–H and O–H groups in total. The highest BCUT2D eigenvalue weighted by Crippen LogP contribution is 2.25. The predicted molar refractivity (Wildman–Crippen MR) is 129 cm³/mol. The van der Waals surface area contributed by atoms with Gasteiger partial charge in [0, 0.05) is 17.1 Å². The number of hydrogen-bond acceptors (Lipinski definition) is 9. The minimum absolute atomic E-state index is 0.0500. The van der Waals surface area contributed by atoms with E-state index in [-0.39, 0.29) is 16.3 Å². The number of aryl methyl sites for hydroxylation is 2. The van der Waals surface area contributed by atoms with Gasteiger partial charge in [0.25, 0.3) is 10.0 Å². The Labute approximate surface area is 204 Å². The van der Waals surface area contributed by atoms with Crippen LogP contribution in [0, 0.1) is 19.7 Å². The van der Waals surface area contributed by atoms with Gasteiger partial charge >= 0.3 is 0 Å². The number of aromatic amines is 1. The van der Waals surface area contributed by atoms with Crippen LogP contribution in [-0.2, 0) is 10.0 Å². The largest absolute Gasteiger partial charge is 0.339 e. The number of H-pyrrole nitrogens is 1. The van der Waals surface area contributed by atoms with E-state index in [0.717, 1.165) is 29.6 Å². The Morgan fingerprint density at radius 2 is 1.69 bits per heavy atom. The average molecular weight is 507 g/mol. The normalized spacial score (nSPS) is 11.4. The molecule has 36 heavy (non-hydrogen) atoms. The number of anilines is 3. The first-order chi connectivity index (χ1) is 17.3. The standard InChI is InChI=1S/C22H19FN10O2S/c1-13-11-14(2)33(29-13)21-10-9-20(25-26-21)24-15-3-5-16(6-4-15)30-36(34,35)17-7-8-19(23)18(12-17)22-27-31-32-28-22/h3-12,30H,1-2H3,(H,24,25)(H,27,28,31,32). The number of halogens is 1. The molecule has 2 aromatic carbocycles. The zero-order chi connectivity index (χ0) is 25.3. The molecule has 5 aromatic rings. The Morgan fingerprint density at radius 3 is 2.33 bits per heavy atom. The second-order valence-electron chi connectivity index (χ2n) is 7.80. The highest BCUT2D eigenvalue weighted by atomic mass is 32.2. The van der Waals surface area contributed by atoms with E-state index in [1.165, 1.54) is 0 Å². The number of nitrogens with one attached hydrogen (secondary N) is 3. The van der Waals surface area contributed by atoms with Gasteiger partial charge in [-0.15, -0.1) is 20.4 Å². The van der Waals surface area contributed by atoms with Crippen molar-refractivity contribution in [3.05, 3.63) is 77.9 Å². The molecule has 182 valence electrons. The molecule has 0 saturated carbocycles. The van der Waals surface area contributed by atoms with Crippen LogP contribution in [0.1, 0.15) is 11.4 Å². The zero-order valence-electron chi connectivity index (χ0n) is 19.0. The molecule has 0 saturated heterocycles. The number of nitrogens with zero attached hydrogens (tertiary/aromatic N) is 7. The molecule has 0 aliphatic heterocycles. The lowest BCUT2D eigenvalue weighted by molar-refractivity contribution is 0.600. The first kappa shape index (κ1) is 23.0. The van der Waals surface area contributed by atoms with Crippen molar-refractivity contribution in [3.63, 3.8) is 0 Å². The van der Waals surface area contributed by atoms with Gasteiger partial charge in [0.05, 0.1) is 16.2 Å². The summed E-state index contributed by atoms with van der Waals surface area (Å²) in [6.07, 6.45) is 0. The molecule has 0 spiro atoms. The van der Waals surface area contributed by atoms with E-state index in [1.54, 1.807) is 41.1 Å². The summed E-state index contributed by atoms with van der Waals surface area (Å²) in [7, 11) is -4.00. The van der Waals surface area contributed by atoms with Gasteiger partial charge in [-0.2, -0.15) is 10.3 Å². The van der Waals surface area contributed by atoms with Crippen molar-refractivity contribution in [1.82, 2.24) is 40.6 Å². The molecule has 0 unspecified atom stereocenters. The summed E-state index contributed by atoms with van der Waals surface area (Å²) in [5.74, 6) is 0.385. The van der Waals surface area contributed by atoms with Crippen LogP contribution in [0.2, 0.25) is 0 Å². The van der Waals surface area contributed by atoms with Gasteiger partial charge in [0.1, 0.15) is 5.82 Å². The maximum absolute atomic E-state index is 14.1. The fourth-order valence-electron chi connectivity index (χ4n) is 3.47. The van der Waals surface area contributed by atoms with Crippen LogP contribution in [0.25, 0.3) is 17.2 Å². The average Bonchev–Trinajstić information content (AvgIpc) is 3.50. The van der Waals surface area contributed by atoms with Crippen LogP contribution < -0.4 is 10.0 Å². The number of tetrazole rings is 1. The van der Waals surface area contributed by atoms with Crippen molar-refractivity contribution in [2.75, 3.05) is 10.0 Å². The van der Waals surface area contributed by atoms with Gasteiger partial charge in [0.2, 0.25) is 5.82 Å². The Morgan fingerprint density at radius 1 is 0.917 bits per heavy atom. The molecule has 5 rings (SSSR count). The van der Waals surface area contributed by atoms with Crippen LogP contribution in [0.3, 0.4) is 0 Å². The molecule has 0 aliphatic rings. The Hall–Kier alpha value is -4.72. The van der Waals surface area contributed by atoms with Crippen LogP contribution in [-0.4, -0.2) is 49.0 Å². The second-order valence-corrected chi connectivity index (χ2v) is 9.48. The Bertz CT molecular complexity index is 1620. The van der Waals surface area contributed by atoms with Gasteiger partial charge in [-0.25, -0.2) is 17.5 Å². The molecule has 0 radical (unpaired) electrons. The van der Waals surface area contributed by atoms with E-state index in [4.69, 9.17) is 0 Å². The van der Waals surface area contributed by atoms with E-state index >= 15 is 0 Å². The number of rotatable bonds is 7. The molecule has 0 aliphatic carbocycles. The number of hydrogen-bond donors (Lipinski definition) is 3. The van der Waals surface area contributed by atoms with Gasteiger partial charge in [-0.1, -0.05) is 0 Å². The molecule has 0 fully saturated rings. The van der Waals surface area contributed by atoms with Gasteiger partial charge in [-0.3, -0.25) is 4.72 Å². The SMILES string of the molecule is Cc1cc(C)n(-c2ccc(Nc3ccc(NS(=O)(=O)c4ccc(F)c(-c5nn[nH]n5)c4)cc3)nn2)n1. The summed E-state index contributed by atoms with van der Waals surface area (Å²) >= 11 is 0. The van der Waals surface area contributed by atoms with E-state index < -0.39 is 15.8 Å². The lowest BCUT2D eigenvalue weighted by Crippen LogP contribution is -2.13. The minimum atomic E-state index is -4.00. The molecule has 3 heterocycles. The first-order valence-electron chi connectivity index (χ1n) is 10.6. The summed E-state index contributed by atoms with van der Waals surface area (Å²) in [5.41, 5.74) is 2.74. The molecule has 14 heteroatoms. The summed E-state index contributed by atoms with van der Waals surface area (Å²) in [5, 5.41) is 28.9. The van der Waals surface area contributed by atoms with Crippen molar-refractivity contribution in [2.24, 2.45) is 0 Å². The van der Waals surface area contributed by atoms with Gasteiger partial charge in [0.15, 0.2) is 11.6 Å². The molecular weight excluding hydrogens is 487 g/mol. The van der Waals surface area contributed by atoms with Crippen molar-refractivity contribution in [2.45, 2.75) is 18.7 Å². The van der Waals surface area contributed by atoms with Crippen LogP contribution in [0.4, 0.5) is 21.6 Å². The van der Waals surface area contributed by atoms with Gasteiger partial charge < -0.3 is 5.32 Å². The second kappa shape index (κ2) is 9.14. The highest BCUT2D eigenvalue weighted by Gasteiger charge is 2.19. The van der Waals surface area contributed by atoms with E-state index in [2.05, 4.69) is 46.0 Å². The van der Waals surface area contributed by atoms with E-state index in [1.807, 2.05) is 19.9 Å². The fourth-order valence-corrected chi connectivity index (χ4v) is 4.55. The molecular formula is C22H19FN10O2S. The molecule has 3 aromatic heterocycles. The topological polar surface area (TPSA) is 156 Å². The van der Waals surface area contributed by atoms with Gasteiger partial charge in [-0.05, 0) is 79.7 Å². The summed E-state index contributed by atoms with van der Waals surface area (Å²) in [4.78, 5) is -0.149. The maximum Gasteiger partial charge on any atom is 0.261 e. The zero-order valence-corrected chi connectivity index (χ0v) is 19.8. The van der Waals surface area contributed by atoms with Crippen molar-refractivity contribution in [1.29, 1.82) is 0 Å². The molecule has 0 atom stereocenters. The lowest BCUT2D eigenvalue weighted by atomic mass is 10.2. The monoisotopic (exact) mass is 506 g/mol. The van der Waals surface area contributed by atoms with E-state index in [0.29, 0.717) is 23.0 Å². The predicted octanol–water partition coefficient (Wildman–Crippen LogP) is 3.14. The summed E-state index contributed by atoms with van der Waals surface area (Å²) < 4.78 is 44.0. The summed E-state index contributed by atoms with van der Waals surface area (Å²) in [6.45, 7) is 3.84. The minimum Gasteiger partial charge on any atom is -0.339 e. The number of benzene rings is 2. The van der Waals surface area contributed by atoms with Crippen molar-refractivity contribution in [3.8, 4) is 17.2 Å². The van der Waals surface area contributed by atoms with E-state index in [9.17, 15) is 12.8 Å². The van der Waals surface area contributed by atoms with Crippen LogP contribution in [0.5, 0.6) is 0 Å². The first-order valence-corrected chi connectivity index (χ1v) is 12.1. The summed E-state index contributed by atoms with van der Waals surface area (Å²) in [6, 6.07) is 15.4. The van der Waals surface area contributed by atoms with Crippen LogP contribution in [0.15, 0.2) is 65.6 Å². The number of aromatic nitrogens is 8. The molecule has 0 amide bonds. The van der Waals surface area contributed by atoms with Crippen molar-refractivity contribution < 1.29 is 12.8 Å². The molecule has 0 bridgehead atoms. The van der Waals surface area contributed by atoms with Crippen LogP contribution >= 0.6 is 0 Å². The quantitative estimate of drug-likeness (QED) is 0.302. The lowest BCUT2D eigenvalue weighted by Gasteiger charge is -2.11. The third-order valence-corrected chi connectivity index (χ3v) is 6.50. The highest BCUT2D eigenvalue weighted by molar-refractivity contribution is 7.92. The van der Waals surface area contributed by atoms with Crippen molar-refractivity contribution >= 4 is 27.2 Å². The fraction of sp³-hybridized carbons (Fsp3) is 0.0909. The smallest absolute Gasteiger partial charge is 0.261 e.